The van der Waals surface area contributed by atoms with E-state index in [1.807, 2.05) is 16.7 Å². The van der Waals surface area contributed by atoms with Crippen LogP contribution in [0.2, 0.25) is 0 Å². The summed E-state index contributed by atoms with van der Waals surface area (Å²) in [5.41, 5.74) is 2.99. The van der Waals surface area contributed by atoms with E-state index in [9.17, 15) is 9.18 Å². The normalized spacial score (nSPS) is 15.6. The third-order valence-corrected chi connectivity index (χ3v) is 6.46. The van der Waals surface area contributed by atoms with Gasteiger partial charge in [-0.3, -0.25) is 9.36 Å². The topological polar surface area (TPSA) is 85.6 Å². The van der Waals surface area contributed by atoms with Gasteiger partial charge in [0.2, 0.25) is 11.8 Å². The lowest BCUT2D eigenvalue weighted by Gasteiger charge is -2.48. The van der Waals surface area contributed by atoms with Gasteiger partial charge in [-0.25, -0.2) is 9.37 Å². The van der Waals surface area contributed by atoms with Crippen LogP contribution in [0.3, 0.4) is 0 Å². The minimum atomic E-state index is -0.298. The van der Waals surface area contributed by atoms with Crippen LogP contribution in [0, 0.1) is 5.82 Å². The first-order valence-corrected chi connectivity index (χ1v) is 11.4. The molecule has 0 unspecified atom stereocenters. The molecular weight excluding hydrogens is 439 g/mol. The summed E-state index contributed by atoms with van der Waals surface area (Å²) in [5.74, 6) is 1.40. The average Bonchev–Trinajstić information content (AvgIpc) is 3.24. The first kappa shape index (κ1) is 22.1. The van der Waals surface area contributed by atoms with E-state index in [0.29, 0.717) is 30.1 Å². The van der Waals surface area contributed by atoms with Gasteiger partial charge in [0.1, 0.15) is 11.6 Å². The number of ether oxygens (including phenoxy) is 2. The van der Waals surface area contributed by atoms with Crippen LogP contribution in [0.5, 0.6) is 5.88 Å². The van der Waals surface area contributed by atoms with Crippen LogP contribution < -0.4 is 14.5 Å². The lowest BCUT2D eigenvalue weighted by atomic mass is 9.97. The summed E-state index contributed by atoms with van der Waals surface area (Å²) in [7, 11) is 2.94. The second-order valence-corrected chi connectivity index (χ2v) is 8.52. The Kier molecular flexibility index (Phi) is 6.04. The van der Waals surface area contributed by atoms with Crippen molar-refractivity contribution in [1.82, 2.24) is 19.7 Å². The highest BCUT2D eigenvalue weighted by molar-refractivity contribution is 5.69. The van der Waals surface area contributed by atoms with Crippen molar-refractivity contribution in [2.75, 3.05) is 43.7 Å². The number of rotatable bonds is 7. The van der Waals surface area contributed by atoms with E-state index in [4.69, 9.17) is 9.47 Å². The summed E-state index contributed by atoms with van der Waals surface area (Å²) in [4.78, 5) is 20.6. The van der Waals surface area contributed by atoms with Crippen molar-refractivity contribution in [1.29, 1.82) is 0 Å². The molecule has 0 amide bonds. The average molecular weight is 467 g/mol. The molecule has 0 N–H and O–H groups in total. The maximum Gasteiger partial charge on any atom is 0.305 e. The molecular formula is C24H27FN6O3. The van der Waals surface area contributed by atoms with Crippen molar-refractivity contribution in [3.63, 3.8) is 0 Å². The van der Waals surface area contributed by atoms with Crippen LogP contribution in [0.15, 0.2) is 36.5 Å². The van der Waals surface area contributed by atoms with Gasteiger partial charge >= 0.3 is 5.97 Å². The Hall–Kier alpha value is -3.69. The molecule has 3 aromatic rings. The van der Waals surface area contributed by atoms with E-state index < -0.39 is 0 Å². The molecule has 0 spiro atoms. The molecule has 1 saturated heterocycles. The van der Waals surface area contributed by atoms with E-state index in [2.05, 4.69) is 25.0 Å². The van der Waals surface area contributed by atoms with E-state index in [0.717, 1.165) is 49.4 Å². The summed E-state index contributed by atoms with van der Waals surface area (Å²) in [6, 6.07) is 9.07. The molecule has 0 saturated carbocycles. The number of nitrogens with zero attached hydrogens (tertiary/aromatic N) is 6. The smallest absolute Gasteiger partial charge is 0.305 e. The summed E-state index contributed by atoms with van der Waals surface area (Å²) in [5, 5.41) is 8.83. The molecule has 34 heavy (non-hydrogen) atoms. The molecule has 9 nitrogen and oxygen atoms in total. The quantitative estimate of drug-likeness (QED) is 0.491. The number of carbonyl (C=O) groups excluding carboxylic acids is 1. The number of esters is 1. The number of hydrogen-bond donors (Lipinski definition) is 0. The van der Waals surface area contributed by atoms with Crippen molar-refractivity contribution in [2.45, 2.75) is 31.7 Å². The Labute approximate surface area is 197 Å². The van der Waals surface area contributed by atoms with Crippen molar-refractivity contribution in [2.24, 2.45) is 0 Å². The Balaban J connectivity index is 1.38. The molecule has 4 heterocycles. The zero-order chi connectivity index (χ0) is 23.7. The van der Waals surface area contributed by atoms with Gasteiger partial charge in [0, 0.05) is 37.8 Å². The maximum atomic E-state index is 13.7. The predicted octanol–water partition coefficient (Wildman–Crippen LogP) is 2.56. The van der Waals surface area contributed by atoms with Crippen LogP contribution in [0.25, 0.3) is 5.69 Å². The van der Waals surface area contributed by atoms with Gasteiger partial charge in [0.15, 0.2) is 0 Å². The SMILES string of the molecule is COC(=O)CCc1nnc(N2CC(N3CCCc4cc(F)ccc43)C2)n1-c1ccc(OC)nc1. The number of pyridine rings is 1. The molecule has 0 aliphatic carbocycles. The van der Waals surface area contributed by atoms with Crippen molar-refractivity contribution in [3.8, 4) is 11.6 Å². The summed E-state index contributed by atoms with van der Waals surface area (Å²) in [6.45, 7) is 2.50. The van der Waals surface area contributed by atoms with Crippen molar-refractivity contribution < 1.29 is 18.7 Å². The number of anilines is 2. The third kappa shape index (κ3) is 4.15. The lowest BCUT2D eigenvalue weighted by molar-refractivity contribution is -0.140. The number of hydrogen-bond acceptors (Lipinski definition) is 8. The first-order valence-electron chi connectivity index (χ1n) is 11.4. The minimum Gasteiger partial charge on any atom is -0.481 e. The fourth-order valence-electron chi connectivity index (χ4n) is 4.67. The van der Waals surface area contributed by atoms with Crippen molar-refractivity contribution >= 4 is 17.6 Å². The second kappa shape index (κ2) is 9.28. The van der Waals surface area contributed by atoms with Crippen LogP contribution in [0.4, 0.5) is 16.0 Å². The first-order chi connectivity index (χ1) is 16.6. The van der Waals surface area contributed by atoms with E-state index >= 15 is 0 Å². The van der Waals surface area contributed by atoms with E-state index in [1.54, 1.807) is 25.4 Å². The summed E-state index contributed by atoms with van der Waals surface area (Å²) in [6.07, 6.45) is 4.23. The monoisotopic (exact) mass is 466 g/mol. The molecule has 2 aliphatic heterocycles. The van der Waals surface area contributed by atoms with Crippen LogP contribution >= 0.6 is 0 Å². The second-order valence-electron chi connectivity index (χ2n) is 8.52. The molecule has 1 aromatic carbocycles. The molecule has 2 aromatic heterocycles. The summed E-state index contributed by atoms with van der Waals surface area (Å²) < 4.78 is 25.6. The molecule has 0 radical (unpaired) electrons. The number of fused-ring (bicyclic) bond motifs is 1. The maximum absolute atomic E-state index is 13.7. The molecule has 0 bridgehead atoms. The molecule has 178 valence electrons. The van der Waals surface area contributed by atoms with Crippen LogP contribution in [-0.2, 0) is 22.4 Å². The van der Waals surface area contributed by atoms with Gasteiger partial charge < -0.3 is 19.3 Å². The van der Waals surface area contributed by atoms with Gasteiger partial charge in [0.05, 0.1) is 38.6 Å². The molecule has 1 fully saturated rings. The molecule has 2 aliphatic rings. The number of halogens is 1. The Morgan fingerprint density at radius 3 is 2.76 bits per heavy atom. The number of methoxy groups -OCH3 is 2. The molecule has 0 atom stereocenters. The van der Waals surface area contributed by atoms with Gasteiger partial charge in [-0.1, -0.05) is 0 Å². The van der Waals surface area contributed by atoms with Gasteiger partial charge in [-0.2, -0.15) is 0 Å². The summed E-state index contributed by atoms with van der Waals surface area (Å²) >= 11 is 0. The van der Waals surface area contributed by atoms with Gasteiger partial charge in [-0.05, 0) is 42.7 Å². The number of benzene rings is 1. The minimum absolute atomic E-state index is 0.184. The van der Waals surface area contributed by atoms with Crippen molar-refractivity contribution in [3.05, 3.63) is 53.7 Å². The fourth-order valence-corrected chi connectivity index (χ4v) is 4.67. The molecule has 10 heteroatoms. The third-order valence-electron chi connectivity index (χ3n) is 6.46. The van der Waals surface area contributed by atoms with E-state index in [-0.39, 0.29) is 18.2 Å². The number of carbonyl (C=O) groups is 1. The Morgan fingerprint density at radius 1 is 1.18 bits per heavy atom. The van der Waals surface area contributed by atoms with Crippen LogP contribution in [-0.4, -0.2) is 65.6 Å². The number of aromatic nitrogens is 4. The zero-order valence-corrected chi connectivity index (χ0v) is 19.3. The Bertz CT molecular complexity index is 1180. The highest BCUT2D eigenvalue weighted by Crippen LogP contribution is 2.34. The predicted molar refractivity (Wildman–Crippen MR) is 124 cm³/mol. The highest BCUT2D eigenvalue weighted by atomic mass is 19.1. The lowest BCUT2D eigenvalue weighted by Crippen LogP contribution is -2.61. The fraction of sp³-hybridized carbons (Fsp3) is 0.417. The number of aryl methyl sites for hydroxylation is 2. The molecule has 5 rings (SSSR count). The standard InChI is InChI=1S/C24H27FN6O3/c1-33-22-9-6-18(13-26-22)31-21(8-10-23(32)34-2)27-28-24(31)29-14-19(15-29)30-11-3-4-16-12-17(25)5-7-20(16)30/h5-7,9,12-13,19H,3-4,8,10-11,14-15H2,1-2H3. The highest BCUT2D eigenvalue weighted by Gasteiger charge is 2.37. The van der Waals surface area contributed by atoms with Crippen LogP contribution in [0.1, 0.15) is 24.2 Å². The van der Waals surface area contributed by atoms with Gasteiger partial charge in [0.25, 0.3) is 0 Å². The Morgan fingerprint density at radius 2 is 2.03 bits per heavy atom. The van der Waals surface area contributed by atoms with E-state index in [1.165, 1.54) is 13.2 Å². The zero-order valence-electron chi connectivity index (χ0n) is 19.3. The largest absolute Gasteiger partial charge is 0.481 e. The van der Waals surface area contributed by atoms with Gasteiger partial charge in [-0.15, -0.1) is 10.2 Å².